The molecule has 0 bridgehead atoms. The average molecular weight is 268 g/mol. The van der Waals surface area contributed by atoms with E-state index in [1.807, 2.05) is 0 Å². The van der Waals surface area contributed by atoms with Gasteiger partial charge in [-0.25, -0.2) is 0 Å². The molecule has 0 saturated carbocycles. The number of hydrogen-bond acceptors (Lipinski definition) is 3. The normalized spacial score (nSPS) is 19.1. The smallest absolute Gasteiger partial charge is 0.382 e. The Balaban J connectivity index is 2.35. The van der Waals surface area contributed by atoms with E-state index in [0.717, 1.165) is 19.3 Å². The average Bonchev–Trinajstić information content (AvgIpc) is 2.28. The van der Waals surface area contributed by atoms with Crippen LogP contribution in [0.4, 0.5) is 13.2 Å². The first-order chi connectivity index (χ1) is 8.30. The zero-order chi connectivity index (χ0) is 13.8. The van der Waals surface area contributed by atoms with Crippen LogP contribution in [0.3, 0.4) is 0 Å². The summed E-state index contributed by atoms with van der Waals surface area (Å²) in [7, 11) is 1.40. The van der Waals surface area contributed by atoms with Crippen LogP contribution in [0.15, 0.2) is 0 Å². The van der Waals surface area contributed by atoms with Crippen molar-refractivity contribution in [2.45, 2.75) is 31.5 Å². The Morgan fingerprint density at radius 2 is 1.89 bits per heavy atom. The number of nitrogens with zero attached hydrogens (tertiary/aromatic N) is 2. The van der Waals surface area contributed by atoms with Crippen LogP contribution in [0.25, 0.3) is 0 Å². The standard InChI is InChI=1S/C11H19F3N2O2/c1-15(7-9(17)11(12,13)14)8-10(18)16-5-3-2-4-6-16/h9,17H,2-8H2,1H3. The predicted octanol–water partition coefficient (Wildman–Crippen LogP) is 0.854. The number of alkyl halides is 3. The van der Waals surface area contributed by atoms with Crippen LogP contribution in [0.2, 0.25) is 0 Å². The summed E-state index contributed by atoms with van der Waals surface area (Å²) in [6, 6.07) is 0. The van der Waals surface area contributed by atoms with E-state index in [2.05, 4.69) is 0 Å². The van der Waals surface area contributed by atoms with Crippen molar-refractivity contribution >= 4 is 5.91 Å². The first-order valence-corrected chi connectivity index (χ1v) is 6.02. The quantitative estimate of drug-likeness (QED) is 0.822. The van der Waals surface area contributed by atoms with Crippen molar-refractivity contribution in [1.82, 2.24) is 9.80 Å². The highest BCUT2D eigenvalue weighted by Crippen LogP contribution is 2.20. The topological polar surface area (TPSA) is 43.8 Å². The lowest BCUT2D eigenvalue weighted by atomic mass is 10.1. The maximum atomic E-state index is 12.1. The first-order valence-electron chi connectivity index (χ1n) is 6.02. The fourth-order valence-electron chi connectivity index (χ4n) is 1.94. The van der Waals surface area contributed by atoms with Gasteiger partial charge in [0.1, 0.15) is 0 Å². The van der Waals surface area contributed by atoms with Gasteiger partial charge in [0.2, 0.25) is 5.91 Å². The van der Waals surface area contributed by atoms with Gasteiger partial charge in [0.15, 0.2) is 6.10 Å². The van der Waals surface area contributed by atoms with E-state index in [9.17, 15) is 18.0 Å². The van der Waals surface area contributed by atoms with Crippen LogP contribution in [-0.2, 0) is 4.79 Å². The molecule has 0 aromatic carbocycles. The van der Waals surface area contributed by atoms with Crippen LogP contribution in [0, 0.1) is 0 Å². The maximum Gasteiger partial charge on any atom is 0.415 e. The minimum atomic E-state index is -4.64. The molecular formula is C11H19F3N2O2. The molecule has 106 valence electrons. The number of aliphatic hydroxyl groups is 1. The Hall–Kier alpha value is -0.820. The summed E-state index contributed by atoms with van der Waals surface area (Å²) in [4.78, 5) is 14.6. The molecule has 1 rings (SSSR count). The van der Waals surface area contributed by atoms with E-state index in [-0.39, 0.29) is 12.5 Å². The fourth-order valence-corrected chi connectivity index (χ4v) is 1.94. The second-order valence-electron chi connectivity index (χ2n) is 4.70. The van der Waals surface area contributed by atoms with Crippen molar-refractivity contribution in [3.8, 4) is 0 Å². The number of piperidine rings is 1. The highest BCUT2D eigenvalue weighted by Gasteiger charge is 2.38. The molecule has 1 unspecified atom stereocenters. The SMILES string of the molecule is CN(CC(=O)N1CCCCC1)CC(O)C(F)(F)F. The lowest BCUT2D eigenvalue weighted by molar-refractivity contribution is -0.207. The minimum Gasteiger partial charge on any atom is -0.382 e. The van der Waals surface area contributed by atoms with Crippen molar-refractivity contribution in [2.75, 3.05) is 33.2 Å². The number of rotatable bonds is 4. The number of likely N-dealkylation sites (N-methyl/N-ethyl adjacent to an activating group) is 1. The second kappa shape index (κ2) is 6.38. The molecule has 18 heavy (non-hydrogen) atoms. The molecule has 0 radical (unpaired) electrons. The van der Waals surface area contributed by atoms with Crippen molar-refractivity contribution in [2.24, 2.45) is 0 Å². The molecular weight excluding hydrogens is 249 g/mol. The lowest BCUT2D eigenvalue weighted by Crippen LogP contribution is -2.45. The van der Waals surface area contributed by atoms with Gasteiger partial charge >= 0.3 is 6.18 Å². The molecule has 7 heteroatoms. The number of amides is 1. The molecule has 1 amide bonds. The Labute approximate surface area is 104 Å². The molecule has 1 saturated heterocycles. The predicted molar refractivity (Wildman–Crippen MR) is 60.0 cm³/mol. The summed E-state index contributed by atoms with van der Waals surface area (Å²) < 4.78 is 36.4. The van der Waals surface area contributed by atoms with E-state index in [1.165, 1.54) is 11.9 Å². The number of likely N-dealkylation sites (tertiary alicyclic amines) is 1. The molecule has 0 aliphatic carbocycles. The van der Waals surface area contributed by atoms with E-state index >= 15 is 0 Å². The van der Waals surface area contributed by atoms with Gasteiger partial charge in [0.25, 0.3) is 0 Å². The Morgan fingerprint density at radius 1 is 1.33 bits per heavy atom. The largest absolute Gasteiger partial charge is 0.415 e. The molecule has 1 atom stereocenters. The van der Waals surface area contributed by atoms with Crippen molar-refractivity contribution in [3.63, 3.8) is 0 Å². The van der Waals surface area contributed by atoms with Gasteiger partial charge in [0, 0.05) is 19.6 Å². The molecule has 1 N–H and O–H groups in total. The van der Waals surface area contributed by atoms with Crippen LogP contribution in [-0.4, -0.2) is 66.3 Å². The van der Waals surface area contributed by atoms with Crippen molar-refractivity contribution in [1.29, 1.82) is 0 Å². The van der Waals surface area contributed by atoms with Crippen molar-refractivity contribution in [3.05, 3.63) is 0 Å². The molecule has 4 nitrogen and oxygen atoms in total. The molecule has 1 aliphatic heterocycles. The van der Waals surface area contributed by atoms with Gasteiger partial charge < -0.3 is 10.0 Å². The summed E-state index contributed by atoms with van der Waals surface area (Å²) in [6.07, 6.45) is -4.06. The monoisotopic (exact) mass is 268 g/mol. The number of carbonyl (C=O) groups excluding carboxylic acids is 1. The third kappa shape index (κ3) is 4.81. The minimum absolute atomic E-state index is 0.0901. The van der Waals surface area contributed by atoms with Crippen LogP contribution in [0.5, 0.6) is 0 Å². The van der Waals surface area contributed by atoms with Gasteiger partial charge in [0.05, 0.1) is 6.54 Å². The summed E-state index contributed by atoms with van der Waals surface area (Å²) in [5.74, 6) is -0.174. The second-order valence-corrected chi connectivity index (χ2v) is 4.70. The molecule has 0 aromatic heterocycles. The summed E-state index contributed by atoms with van der Waals surface area (Å²) in [5.41, 5.74) is 0. The van der Waals surface area contributed by atoms with Gasteiger partial charge in [-0.1, -0.05) is 0 Å². The third-order valence-corrected chi connectivity index (χ3v) is 2.98. The number of halogens is 3. The first kappa shape index (κ1) is 15.2. The molecule has 1 aliphatic rings. The van der Waals surface area contributed by atoms with Gasteiger partial charge in [-0.2, -0.15) is 13.2 Å². The molecule has 1 fully saturated rings. The van der Waals surface area contributed by atoms with Crippen LogP contribution in [0.1, 0.15) is 19.3 Å². The van der Waals surface area contributed by atoms with E-state index < -0.39 is 18.8 Å². The van der Waals surface area contributed by atoms with Gasteiger partial charge in [-0.3, -0.25) is 9.69 Å². The molecule has 0 spiro atoms. The van der Waals surface area contributed by atoms with Gasteiger partial charge in [-0.15, -0.1) is 0 Å². The highest BCUT2D eigenvalue weighted by molar-refractivity contribution is 5.78. The number of aliphatic hydroxyl groups excluding tert-OH is 1. The summed E-state index contributed by atoms with van der Waals surface area (Å²) in [5, 5.41) is 8.89. The van der Waals surface area contributed by atoms with E-state index in [4.69, 9.17) is 5.11 Å². The van der Waals surface area contributed by atoms with E-state index in [0.29, 0.717) is 13.1 Å². The Bertz CT molecular complexity index is 278. The third-order valence-electron chi connectivity index (χ3n) is 2.98. The lowest BCUT2D eigenvalue weighted by Gasteiger charge is -2.29. The molecule has 0 aromatic rings. The summed E-state index contributed by atoms with van der Waals surface area (Å²) >= 11 is 0. The highest BCUT2D eigenvalue weighted by atomic mass is 19.4. The van der Waals surface area contributed by atoms with Crippen molar-refractivity contribution < 1.29 is 23.1 Å². The zero-order valence-corrected chi connectivity index (χ0v) is 10.4. The van der Waals surface area contributed by atoms with Gasteiger partial charge in [-0.05, 0) is 26.3 Å². The Kier molecular flexibility index (Phi) is 5.40. The van der Waals surface area contributed by atoms with E-state index in [1.54, 1.807) is 4.90 Å². The maximum absolute atomic E-state index is 12.1. The Morgan fingerprint density at radius 3 is 2.39 bits per heavy atom. The van der Waals surface area contributed by atoms with Crippen LogP contribution < -0.4 is 0 Å². The zero-order valence-electron chi connectivity index (χ0n) is 10.4. The fraction of sp³-hybridized carbons (Fsp3) is 0.909. The van der Waals surface area contributed by atoms with Crippen LogP contribution >= 0.6 is 0 Å². The summed E-state index contributed by atoms with van der Waals surface area (Å²) in [6.45, 7) is 0.680. The molecule has 1 heterocycles. The number of hydrogen-bond donors (Lipinski definition) is 1. The number of carbonyl (C=O) groups is 1.